The van der Waals surface area contributed by atoms with Gasteiger partial charge in [0.1, 0.15) is 0 Å². The van der Waals surface area contributed by atoms with Crippen molar-refractivity contribution in [2.75, 3.05) is 7.05 Å². The Balaban J connectivity index is 2.11. The lowest BCUT2D eigenvalue weighted by Gasteiger charge is -2.23. The number of halogens is 3. The van der Waals surface area contributed by atoms with E-state index in [1.165, 1.54) is 41.5 Å². The Morgan fingerprint density at radius 3 is 2.50 bits per heavy atom. The highest BCUT2D eigenvalue weighted by Gasteiger charge is 2.33. The van der Waals surface area contributed by atoms with Crippen LogP contribution in [0, 0.1) is 0 Å². The van der Waals surface area contributed by atoms with Crippen LogP contribution in [0.3, 0.4) is 0 Å². The number of primary amides is 1. The van der Waals surface area contributed by atoms with Crippen LogP contribution in [0.4, 0.5) is 18.0 Å². The first-order valence-electron chi connectivity index (χ1n) is 7.67. The Kier molecular flexibility index (Phi) is 6.25. The van der Waals surface area contributed by atoms with E-state index in [1.807, 2.05) is 0 Å². The summed E-state index contributed by atoms with van der Waals surface area (Å²) in [6.45, 7) is -0.192. The molecule has 1 aromatic heterocycles. The average Bonchev–Trinajstić information content (AvgIpc) is 3.07. The van der Waals surface area contributed by atoms with Crippen molar-refractivity contribution in [2.45, 2.75) is 25.2 Å². The van der Waals surface area contributed by atoms with Crippen LogP contribution >= 0.6 is 11.3 Å². The molecule has 3 N–H and O–H groups in total. The van der Waals surface area contributed by atoms with E-state index in [0.717, 1.165) is 10.9 Å². The highest BCUT2D eigenvalue weighted by atomic mass is 32.1. The van der Waals surface area contributed by atoms with Gasteiger partial charge < -0.3 is 16.0 Å². The topological polar surface area (TPSA) is 75.4 Å². The maximum absolute atomic E-state index is 13.1. The molecule has 140 valence electrons. The van der Waals surface area contributed by atoms with Gasteiger partial charge in [-0.1, -0.05) is 24.3 Å². The molecule has 0 aliphatic carbocycles. The van der Waals surface area contributed by atoms with Crippen molar-refractivity contribution >= 4 is 23.3 Å². The molecule has 1 atom stereocenters. The second kappa shape index (κ2) is 8.22. The molecule has 1 unspecified atom stereocenters. The van der Waals surface area contributed by atoms with E-state index in [9.17, 15) is 22.8 Å². The predicted octanol–water partition coefficient (Wildman–Crippen LogP) is 3.53. The number of amides is 3. The second-order valence-corrected chi connectivity index (χ2v) is 6.66. The van der Waals surface area contributed by atoms with Gasteiger partial charge in [0, 0.05) is 18.5 Å². The van der Waals surface area contributed by atoms with Crippen LogP contribution in [0.25, 0.3) is 0 Å². The number of hydrogen-bond acceptors (Lipinski definition) is 3. The van der Waals surface area contributed by atoms with Gasteiger partial charge in [0.15, 0.2) is 0 Å². The van der Waals surface area contributed by atoms with E-state index in [4.69, 9.17) is 5.73 Å². The van der Waals surface area contributed by atoms with E-state index in [1.54, 1.807) is 17.5 Å². The minimum Gasteiger partial charge on any atom is -0.352 e. The molecule has 5 nitrogen and oxygen atoms in total. The zero-order chi connectivity index (χ0) is 19.3. The molecule has 2 aromatic rings. The summed E-state index contributed by atoms with van der Waals surface area (Å²) >= 11 is 1.35. The van der Waals surface area contributed by atoms with Gasteiger partial charge >= 0.3 is 12.2 Å². The normalized spacial score (nSPS) is 12.5. The van der Waals surface area contributed by atoms with Crippen molar-refractivity contribution in [3.05, 3.63) is 57.8 Å². The van der Waals surface area contributed by atoms with Crippen LogP contribution in [0.15, 0.2) is 41.8 Å². The van der Waals surface area contributed by atoms with Crippen molar-refractivity contribution in [3.8, 4) is 0 Å². The summed E-state index contributed by atoms with van der Waals surface area (Å²) in [7, 11) is 1.42. The third-order valence-corrected chi connectivity index (χ3v) is 4.72. The van der Waals surface area contributed by atoms with E-state index in [-0.39, 0.29) is 18.5 Å². The van der Waals surface area contributed by atoms with Gasteiger partial charge in [0.05, 0.1) is 18.0 Å². The number of carbonyl (C=O) groups excluding carboxylic acids is 2. The molecule has 0 aliphatic heterocycles. The lowest BCUT2D eigenvalue weighted by Crippen LogP contribution is -2.37. The van der Waals surface area contributed by atoms with Gasteiger partial charge in [-0.15, -0.1) is 11.3 Å². The van der Waals surface area contributed by atoms with E-state index in [2.05, 4.69) is 5.32 Å². The van der Waals surface area contributed by atoms with Crippen LogP contribution in [-0.4, -0.2) is 23.9 Å². The van der Waals surface area contributed by atoms with Crippen molar-refractivity contribution in [1.82, 2.24) is 10.2 Å². The summed E-state index contributed by atoms with van der Waals surface area (Å²) in [5.41, 5.74) is 4.38. The maximum atomic E-state index is 13.1. The molecule has 3 amide bonds. The fourth-order valence-electron chi connectivity index (χ4n) is 2.49. The largest absolute Gasteiger partial charge is 0.416 e. The molecule has 1 aromatic carbocycles. The van der Waals surface area contributed by atoms with Gasteiger partial charge in [-0.25, -0.2) is 4.79 Å². The quantitative estimate of drug-likeness (QED) is 0.798. The average molecular weight is 385 g/mol. The molecule has 9 heteroatoms. The number of nitrogens with two attached hydrogens (primary N) is 1. The SMILES string of the molecule is CN(Cc1ccccc1C(F)(F)F)C(=O)CC(NC(N)=O)c1cccs1. The highest BCUT2D eigenvalue weighted by molar-refractivity contribution is 7.10. The molecule has 0 bridgehead atoms. The highest BCUT2D eigenvalue weighted by Crippen LogP contribution is 2.32. The Morgan fingerprint density at radius 2 is 1.92 bits per heavy atom. The Bertz CT molecular complexity index is 763. The molecule has 2 rings (SSSR count). The van der Waals surface area contributed by atoms with Crippen LogP contribution in [-0.2, 0) is 17.5 Å². The molecule has 0 aliphatic rings. The van der Waals surface area contributed by atoms with Crippen LogP contribution < -0.4 is 11.1 Å². The summed E-state index contributed by atoms with van der Waals surface area (Å²) in [5.74, 6) is -0.408. The number of thiophene rings is 1. The van der Waals surface area contributed by atoms with Crippen molar-refractivity contribution < 1.29 is 22.8 Å². The molecular weight excluding hydrogens is 367 g/mol. The van der Waals surface area contributed by atoms with Crippen molar-refractivity contribution in [1.29, 1.82) is 0 Å². The number of rotatable bonds is 6. The first-order valence-corrected chi connectivity index (χ1v) is 8.55. The second-order valence-electron chi connectivity index (χ2n) is 5.69. The molecule has 0 spiro atoms. The summed E-state index contributed by atoms with van der Waals surface area (Å²) in [6, 6.07) is 7.23. The summed E-state index contributed by atoms with van der Waals surface area (Å²) in [6.07, 6.45) is -4.60. The fraction of sp³-hybridized carbons (Fsp3) is 0.294. The molecule has 0 radical (unpaired) electrons. The maximum Gasteiger partial charge on any atom is 0.416 e. The lowest BCUT2D eigenvalue weighted by molar-refractivity contribution is -0.139. The van der Waals surface area contributed by atoms with Gasteiger partial charge in [0.2, 0.25) is 5.91 Å². The monoisotopic (exact) mass is 385 g/mol. The molecule has 1 heterocycles. The molecular formula is C17H18F3N3O2S. The van der Waals surface area contributed by atoms with Crippen LogP contribution in [0.2, 0.25) is 0 Å². The molecule has 0 fully saturated rings. The number of urea groups is 1. The van der Waals surface area contributed by atoms with Gasteiger partial charge in [-0.2, -0.15) is 13.2 Å². The fourth-order valence-corrected chi connectivity index (χ4v) is 3.27. The standard InChI is InChI=1S/C17H18F3N3O2S/c1-23(10-11-5-2-3-6-12(11)17(18,19)20)15(24)9-13(22-16(21)25)14-7-4-8-26-14/h2-8,13H,9-10H2,1H3,(H3,21,22,25). The first-order chi connectivity index (χ1) is 12.2. The minimum atomic E-state index is -4.49. The molecule has 0 saturated heterocycles. The van der Waals surface area contributed by atoms with Gasteiger partial charge in [-0.05, 0) is 23.1 Å². The number of nitrogens with zero attached hydrogens (tertiary/aromatic N) is 1. The Labute approximate surface area is 152 Å². The molecule has 0 saturated carbocycles. The zero-order valence-corrected chi connectivity index (χ0v) is 14.7. The number of nitrogens with one attached hydrogen (secondary N) is 1. The van der Waals surface area contributed by atoms with E-state index < -0.39 is 29.7 Å². The summed E-state index contributed by atoms with van der Waals surface area (Å²) in [5, 5.41) is 4.28. The van der Waals surface area contributed by atoms with E-state index in [0.29, 0.717) is 0 Å². The van der Waals surface area contributed by atoms with Crippen LogP contribution in [0.5, 0.6) is 0 Å². The van der Waals surface area contributed by atoms with Crippen molar-refractivity contribution in [2.24, 2.45) is 5.73 Å². The number of benzene rings is 1. The van der Waals surface area contributed by atoms with Crippen molar-refractivity contribution in [3.63, 3.8) is 0 Å². The Hall–Kier alpha value is -2.55. The zero-order valence-electron chi connectivity index (χ0n) is 13.9. The first kappa shape index (κ1) is 19.8. The van der Waals surface area contributed by atoms with E-state index >= 15 is 0 Å². The molecule has 26 heavy (non-hydrogen) atoms. The number of carbonyl (C=O) groups is 2. The van der Waals surface area contributed by atoms with Crippen LogP contribution in [0.1, 0.15) is 28.5 Å². The van der Waals surface area contributed by atoms with Gasteiger partial charge in [-0.3, -0.25) is 4.79 Å². The lowest BCUT2D eigenvalue weighted by atomic mass is 10.1. The smallest absolute Gasteiger partial charge is 0.352 e. The number of hydrogen-bond donors (Lipinski definition) is 2. The predicted molar refractivity (Wildman–Crippen MR) is 92.3 cm³/mol. The third-order valence-electron chi connectivity index (χ3n) is 3.74. The summed E-state index contributed by atoms with van der Waals surface area (Å²) < 4.78 is 39.2. The summed E-state index contributed by atoms with van der Waals surface area (Å²) in [4.78, 5) is 25.6. The number of alkyl halides is 3. The third kappa shape index (κ3) is 5.22. The Morgan fingerprint density at radius 1 is 1.23 bits per heavy atom. The van der Waals surface area contributed by atoms with Gasteiger partial charge in [0.25, 0.3) is 0 Å². The minimum absolute atomic E-state index is 0.00591.